The minimum absolute atomic E-state index is 0. The standard InChI is InChI=1S/C9H18N2.2ClH/c1-5-10-6-2-9(1)3-7-11-8-4-9;;/h10-11H,1-8H2;2*1H. The first-order valence-electron chi connectivity index (χ1n) is 4.83. The molecule has 0 radical (unpaired) electrons. The van der Waals surface area contributed by atoms with Crippen LogP contribution in [0.2, 0.25) is 0 Å². The van der Waals surface area contributed by atoms with E-state index in [1.54, 1.807) is 0 Å². The molecule has 2 aliphatic heterocycles. The summed E-state index contributed by atoms with van der Waals surface area (Å²) in [4.78, 5) is 0. The van der Waals surface area contributed by atoms with Gasteiger partial charge in [0.05, 0.1) is 0 Å². The molecule has 80 valence electrons. The zero-order valence-electron chi connectivity index (χ0n) is 7.97. The maximum absolute atomic E-state index is 3.44. The lowest BCUT2D eigenvalue weighted by atomic mass is 9.72. The van der Waals surface area contributed by atoms with Gasteiger partial charge in [-0.25, -0.2) is 0 Å². The fourth-order valence-corrected chi connectivity index (χ4v) is 2.41. The highest BCUT2D eigenvalue weighted by Gasteiger charge is 2.32. The number of piperidine rings is 2. The molecule has 0 amide bonds. The number of halogens is 2. The first-order chi connectivity index (χ1) is 5.41. The Morgan fingerprint density at radius 1 is 0.615 bits per heavy atom. The van der Waals surface area contributed by atoms with Crippen molar-refractivity contribution in [3.05, 3.63) is 0 Å². The van der Waals surface area contributed by atoms with Crippen molar-refractivity contribution in [2.45, 2.75) is 25.7 Å². The van der Waals surface area contributed by atoms with E-state index in [1.165, 1.54) is 51.9 Å². The summed E-state index contributed by atoms with van der Waals surface area (Å²) in [7, 11) is 0. The van der Waals surface area contributed by atoms with E-state index in [0.29, 0.717) is 0 Å². The van der Waals surface area contributed by atoms with E-state index < -0.39 is 0 Å². The maximum atomic E-state index is 3.44. The fourth-order valence-electron chi connectivity index (χ4n) is 2.41. The second-order valence-corrected chi connectivity index (χ2v) is 4.00. The molecule has 0 saturated carbocycles. The van der Waals surface area contributed by atoms with Gasteiger partial charge in [-0.15, -0.1) is 24.8 Å². The third-order valence-electron chi connectivity index (χ3n) is 3.33. The molecule has 13 heavy (non-hydrogen) atoms. The Morgan fingerprint density at radius 3 is 1.23 bits per heavy atom. The summed E-state index contributed by atoms with van der Waals surface area (Å²) in [6, 6.07) is 0. The quantitative estimate of drug-likeness (QED) is 0.656. The molecule has 0 bridgehead atoms. The van der Waals surface area contributed by atoms with Gasteiger partial charge in [-0.2, -0.15) is 0 Å². The number of hydrogen-bond donors (Lipinski definition) is 2. The Kier molecular flexibility index (Phi) is 6.31. The molecule has 2 nitrogen and oxygen atoms in total. The van der Waals surface area contributed by atoms with Crippen molar-refractivity contribution in [3.63, 3.8) is 0 Å². The molecule has 2 rings (SSSR count). The van der Waals surface area contributed by atoms with Crippen molar-refractivity contribution in [1.29, 1.82) is 0 Å². The Balaban J connectivity index is 0.000000720. The zero-order chi connectivity index (χ0) is 7.57. The van der Waals surface area contributed by atoms with Crippen LogP contribution in [-0.2, 0) is 0 Å². The van der Waals surface area contributed by atoms with Crippen molar-refractivity contribution in [2.75, 3.05) is 26.2 Å². The molecule has 2 N–H and O–H groups in total. The van der Waals surface area contributed by atoms with E-state index in [9.17, 15) is 0 Å². The predicted molar refractivity (Wildman–Crippen MR) is 61.1 cm³/mol. The van der Waals surface area contributed by atoms with Crippen molar-refractivity contribution in [3.8, 4) is 0 Å². The molecule has 2 saturated heterocycles. The molecule has 2 heterocycles. The average molecular weight is 227 g/mol. The molecule has 0 aliphatic carbocycles. The topological polar surface area (TPSA) is 24.1 Å². The monoisotopic (exact) mass is 226 g/mol. The number of nitrogens with one attached hydrogen (secondary N) is 2. The average Bonchev–Trinajstić information content (AvgIpc) is 2.07. The number of rotatable bonds is 0. The lowest BCUT2D eigenvalue weighted by Crippen LogP contribution is -2.43. The van der Waals surface area contributed by atoms with Gasteiger partial charge in [0.25, 0.3) is 0 Å². The van der Waals surface area contributed by atoms with Gasteiger partial charge >= 0.3 is 0 Å². The largest absolute Gasteiger partial charge is 0.317 e. The second kappa shape index (κ2) is 6.07. The highest BCUT2D eigenvalue weighted by Crippen LogP contribution is 2.37. The summed E-state index contributed by atoms with van der Waals surface area (Å²) in [5.41, 5.74) is 0.733. The molecule has 0 aromatic rings. The van der Waals surface area contributed by atoms with Crippen LogP contribution in [0.15, 0.2) is 0 Å². The van der Waals surface area contributed by atoms with Crippen molar-refractivity contribution in [1.82, 2.24) is 10.6 Å². The minimum atomic E-state index is 0. The molecule has 0 aromatic heterocycles. The Bertz CT molecular complexity index is 110. The van der Waals surface area contributed by atoms with E-state index in [4.69, 9.17) is 0 Å². The van der Waals surface area contributed by atoms with Crippen LogP contribution in [0.5, 0.6) is 0 Å². The minimum Gasteiger partial charge on any atom is -0.317 e. The Labute approximate surface area is 93.1 Å². The molecule has 0 aromatic carbocycles. The third-order valence-corrected chi connectivity index (χ3v) is 3.33. The first-order valence-corrected chi connectivity index (χ1v) is 4.83. The normalized spacial score (nSPS) is 25.8. The molecule has 2 aliphatic rings. The van der Waals surface area contributed by atoms with E-state index in [2.05, 4.69) is 10.6 Å². The lowest BCUT2D eigenvalue weighted by Gasteiger charge is -2.41. The summed E-state index contributed by atoms with van der Waals surface area (Å²) >= 11 is 0. The van der Waals surface area contributed by atoms with E-state index in [-0.39, 0.29) is 24.8 Å². The SMILES string of the molecule is C1CC2(CCN1)CCNCC2.Cl.Cl. The Hall–Kier alpha value is 0.500. The lowest BCUT2D eigenvalue weighted by molar-refractivity contribution is 0.144. The smallest absolute Gasteiger partial charge is 0.00436 e. The molecule has 1 spiro atoms. The molecule has 2 fully saturated rings. The second-order valence-electron chi connectivity index (χ2n) is 4.00. The van der Waals surface area contributed by atoms with Gasteiger partial charge < -0.3 is 10.6 Å². The summed E-state index contributed by atoms with van der Waals surface area (Å²) in [5.74, 6) is 0. The predicted octanol–water partition coefficient (Wildman–Crippen LogP) is 1.58. The van der Waals surface area contributed by atoms with Crippen LogP contribution in [0, 0.1) is 5.41 Å². The highest BCUT2D eigenvalue weighted by atomic mass is 35.5. The fraction of sp³-hybridized carbons (Fsp3) is 1.00. The molecule has 0 unspecified atom stereocenters. The van der Waals surface area contributed by atoms with Gasteiger partial charge in [0.2, 0.25) is 0 Å². The maximum Gasteiger partial charge on any atom is -0.00436 e. The summed E-state index contributed by atoms with van der Waals surface area (Å²) in [6.45, 7) is 5.00. The van der Waals surface area contributed by atoms with Crippen LogP contribution in [0.25, 0.3) is 0 Å². The van der Waals surface area contributed by atoms with Crippen LogP contribution in [-0.4, -0.2) is 26.2 Å². The summed E-state index contributed by atoms with van der Waals surface area (Å²) < 4.78 is 0. The summed E-state index contributed by atoms with van der Waals surface area (Å²) in [5, 5.41) is 6.87. The van der Waals surface area contributed by atoms with Crippen molar-refractivity contribution < 1.29 is 0 Å². The summed E-state index contributed by atoms with van der Waals surface area (Å²) in [6.07, 6.45) is 5.65. The van der Waals surface area contributed by atoms with Gasteiger partial charge in [-0.3, -0.25) is 0 Å². The van der Waals surface area contributed by atoms with Crippen LogP contribution in [0.3, 0.4) is 0 Å². The van der Waals surface area contributed by atoms with E-state index >= 15 is 0 Å². The van der Waals surface area contributed by atoms with E-state index in [1.807, 2.05) is 0 Å². The van der Waals surface area contributed by atoms with Crippen molar-refractivity contribution in [2.24, 2.45) is 5.41 Å². The zero-order valence-corrected chi connectivity index (χ0v) is 9.61. The highest BCUT2D eigenvalue weighted by molar-refractivity contribution is 5.85. The van der Waals surface area contributed by atoms with Crippen LogP contribution in [0.4, 0.5) is 0 Å². The van der Waals surface area contributed by atoms with Crippen molar-refractivity contribution >= 4 is 24.8 Å². The number of hydrogen-bond acceptors (Lipinski definition) is 2. The molecule has 4 heteroatoms. The molecular weight excluding hydrogens is 207 g/mol. The van der Waals surface area contributed by atoms with Crippen LogP contribution >= 0.6 is 24.8 Å². The van der Waals surface area contributed by atoms with Crippen LogP contribution in [0.1, 0.15) is 25.7 Å². The molecule has 0 atom stereocenters. The Morgan fingerprint density at radius 2 is 0.923 bits per heavy atom. The first kappa shape index (κ1) is 13.5. The molecular formula is C9H20Cl2N2. The van der Waals surface area contributed by atoms with Gasteiger partial charge in [0.15, 0.2) is 0 Å². The van der Waals surface area contributed by atoms with Gasteiger partial charge in [-0.1, -0.05) is 0 Å². The van der Waals surface area contributed by atoms with E-state index in [0.717, 1.165) is 5.41 Å². The van der Waals surface area contributed by atoms with Gasteiger partial charge in [-0.05, 0) is 57.3 Å². The van der Waals surface area contributed by atoms with Gasteiger partial charge in [0, 0.05) is 0 Å². The van der Waals surface area contributed by atoms with Gasteiger partial charge in [0.1, 0.15) is 0 Å². The third kappa shape index (κ3) is 3.28. The van der Waals surface area contributed by atoms with Crippen LogP contribution < -0.4 is 10.6 Å².